The number of nitrogens with one attached hydrogen (secondary N) is 1. The molecule has 0 saturated heterocycles. The number of hydrogen-bond acceptors (Lipinski definition) is 4. The average Bonchev–Trinajstić information content (AvgIpc) is 2.86. The molecule has 22 heavy (non-hydrogen) atoms. The van der Waals surface area contributed by atoms with Crippen LogP contribution in [0.4, 0.5) is 10.1 Å². The predicted molar refractivity (Wildman–Crippen MR) is 78.2 cm³/mol. The summed E-state index contributed by atoms with van der Waals surface area (Å²) in [6.07, 6.45) is 3.17. The van der Waals surface area contributed by atoms with Gasteiger partial charge in [0.2, 0.25) is 0 Å². The number of nitrogens with zero attached hydrogens (tertiary/aromatic N) is 3. The third-order valence-electron chi connectivity index (χ3n) is 2.91. The largest absolute Gasteiger partial charge is 0.481 e. The Kier molecular flexibility index (Phi) is 3.69. The van der Waals surface area contributed by atoms with E-state index in [9.17, 15) is 9.18 Å². The molecule has 0 fully saturated rings. The van der Waals surface area contributed by atoms with Crippen LogP contribution in [-0.4, -0.2) is 27.1 Å². The first-order valence-electron chi connectivity index (χ1n) is 6.61. The van der Waals surface area contributed by atoms with E-state index in [4.69, 9.17) is 4.74 Å². The van der Waals surface area contributed by atoms with E-state index in [2.05, 4.69) is 15.4 Å². The minimum absolute atomic E-state index is 0.0360. The quantitative estimate of drug-likeness (QED) is 0.802. The number of ether oxygens (including phenoxy) is 1. The van der Waals surface area contributed by atoms with Crippen molar-refractivity contribution in [3.63, 3.8) is 0 Å². The molecule has 1 N–H and O–H groups in total. The van der Waals surface area contributed by atoms with Gasteiger partial charge in [-0.25, -0.2) is 13.9 Å². The molecule has 0 unspecified atom stereocenters. The van der Waals surface area contributed by atoms with Crippen molar-refractivity contribution in [2.75, 3.05) is 11.9 Å². The summed E-state index contributed by atoms with van der Waals surface area (Å²) >= 11 is 0. The van der Waals surface area contributed by atoms with Gasteiger partial charge in [-0.15, -0.1) is 0 Å². The highest BCUT2D eigenvalue weighted by Crippen LogP contribution is 2.15. The van der Waals surface area contributed by atoms with Crippen LogP contribution in [0.5, 0.6) is 5.75 Å². The van der Waals surface area contributed by atoms with Crippen molar-refractivity contribution in [3.05, 3.63) is 54.2 Å². The molecule has 0 spiro atoms. The van der Waals surface area contributed by atoms with Crippen molar-refractivity contribution in [2.45, 2.75) is 6.92 Å². The highest BCUT2D eigenvalue weighted by atomic mass is 19.1. The first-order valence-corrected chi connectivity index (χ1v) is 6.61. The Morgan fingerprint density at radius 1 is 1.41 bits per heavy atom. The lowest BCUT2D eigenvalue weighted by atomic mass is 10.3. The van der Waals surface area contributed by atoms with E-state index in [0.717, 1.165) is 5.69 Å². The molecular weight excluding hydrogens is 287 g/mol. The SMILES string of the molecule is Cc1cc2ncc(NC(=O)COc3ccccc3F)cn2n1. The van der Waals surface area contributed by atoms with Gasteiger partial charge in [-0.3, -0.25) is 4.79 Å². The van der Waals surface area contributed by atoms with Crippen LogP contribution < -0.4 is 10.1 Å². The molecule has 7 heteroatoms. The first kappa shape index (κ1) is 14.0. The number of rotatable bonds is 4. The standard InChI is InChI=1S/C15H13FN4O2/c1-10-6-14-17-7-11(8-20(14)19-10)18-15(21)9-22-13-5-3-2-4-12(13)16/h2-8H,9H2,1H3,(H,18,21). The fraction of sp³-hybridized carbons (Fsp3) is 0.133. The molecule has 0 bridgehead atoms. The van der Waals surface area contributed by atoms with E-state index in [0.29, 0.717) is 11.3 Å². The Morgan fingerprint density at radius 2 is 2.23 bits per heavy atom. The van der Waals surface area contributed by atoms with Crippen LogP contribution in [0.25, 0.3) is 5.65 Å². The maximum absolute atomic E-state index is 13.4. The molecule has 1 amide bonds. The number of amides is 1. The molecule has 2 aromatic heterocycles. The lowest BCUT2D eigenvalue weighted by Crippen LogP contribution is -2.20. The van der Waals surface area contributed by atoms with E-state index in [1.165, 1.54) is 18.3 Å². The number of benzene rings is 1. The van der Waals surface area contributed by atoms with Gasteiger partial charge >= 0.3 is 0 Å². The molecule has 0 aliphatic carbocycles. The molecular formula is C15H13FN4O2. The summed E-state index contributed by atoms with van der Waals surface area (Å²) in [6, 6.07) is 7.74. The van der Waals surface area contributed by atoms with E-state index >= 15 is 0 Å². The second kappa shape index (κ2) is 5.80. The molecule has 3 aromatic rings. The summed E-state index contributed by atoms with van der Waals surface area (Å²) in [7, 11) is 0. The summed E-state index contributed by atoms with van der Waals surface area (Å²) in [5.41, 5.74) is 2.01. The van der Waals surface area contributed by atoms with Gasteiger partial charge in [0.1, 0.15) is 0 Å². The van der Waals surface area contributed by atoms with Crippen LogP contribution in [-0.2, 0) is 4.79 Å². The van der Waals surface area contributed by atoms with Crippen molar-refractivity contribution in [3.8, 4) is 5.75 Å². The van der Waals surface area contributed by atoms with Crippen LogP contribution >= 0.6 is 0 Å². The maximum atomic E-state index is 13.4. The Hall–Kier alpha value is -2.96. The summed E-state index contributed by atoms with van der Waals surface area (Å²) in [5.74, 6) is -0.882. The monoisotopic (exact) mass is 300 g/mol. The van der Waals surface area contributed by atoms with Crippen LogP contribution in [0.3, 0.4) is 0 Å². The number of carbonyl (C=O) groups is 1. The van der Waals surface area contributed by atoms with Gasteiger partial charge in [-0.05, 0) is 19.1 Å². The molecule has 0 aliphatic heterocycles. The van der Waals surface area contributed by atoms with Crippen molar-refractivity contribution < 1.29 is 13.9 Å². The van der Waals surface area contributed by atoms with Crippen LogP contribution in [0, 0.1) is 12.7 Å². The molecule has 0 saturated carbocycles. The Balaban J connectivity index is 1.64. The molecule has 3 rings (SSSR count). The summed E-state index contributed by atoms with van der Waals surface area (Å²) in [6.45, 7) is 1.56. The molecule has 0 aliphatic rings. The summed E-state index contributed by atoms with van der Waals surface area (Å²) in [4.78, 5) is 16.0. The van der Waals surface area contributed by atoms with Gasteiger partial charge in [0.15, 0.2) is 23.8 Å². The van der Waals surface area contributed by atoms with Crippen molar-refractivity contribution in [1.82, 2.24) is 14.6 Å². The van der Waals surface area contributed by atoms with Gasteiger partial charge in [-0.1, -0.05) is 12.1 Å². The van der Waals surface area contributed by atoms with E-state index in [1.807, 2.05) is 13.0 Å². The van der Waals surface area contributed by atoms with Crippen LogP contribution in [0.1, 0.15) is 5.69 Å². The highest BCUT2D eigenvalue weighted by molar-refractivity contribution is 5.91. The van der Waals surface area contributed by atoms with E-state index < -0.39 is 11.7 Å². The topological polar surface area (TPSA) is 68.5 Å². The lowest BCUT2D eigenvalue weighted by Gasteiger charge is -2.08. The van der Waals surface area contributed by atoms with Gasteiger partial charge < -0.3 is 10.1 Å². The number of hydrogen-bond donors (Lipinski definition) is 1. The normalized spacial score (nSPS) is 10.6. The molecule has 0 radical (unpaired) electrons. The zero-order chi connectivity index (χ0) is 15.5. The smallest absolute Gasteiger partial charge is 0.262 e. The van der Waals surface area contributed by atoms with Gasteiger partial charge in [0.05, 0.1) is 23.8 Å². The molecule has 2 heterocycles. The minimum Gasteiger partial charge on any atom is -0.481 e. The first-order chi connectivity index (χ1) is 10.6. The Labute approximate surface area is 125 Å². The van der Waals surface area contributed by atoms with E-state index in [1.54, 1.807) is 22.8 Å². The fourth-order valence-electron chi connectivity index (χ4n) is 1.96. The second-order valence-electron chi connectivity index (χ2n) is 4.70. The number of aryl methyl sites for hydroxylation is 1. The number of halogens is 1. The van der Waals surface area contributed by atoms with Gasteiger partial charge in [0, 0.05) is 6.07 Å². The Bertz CT molecular complexity index is 831. The maximum Gasteiger partial charge on any atom is 0.262 e. The van der Waals surface area contributed by atoms with Gasteiger partial charge in [-0.2, -0.15) is 5.10 Å². The molecule has 112 valence electrons. The minimum atomic E-state index is -0.509. The summed E-state index contributed by atoms with van der Waals surface area (Å²) < 4.78 is 20.1. The highest BCUT2D eigenvalue weighted by Gasteiger charge is 2.08. The number of para-hydroxylation sites is 1. The van der Waals surface area contributed by atoms with Crippen molar-refractivity contribution >= 4 is 17.2 Å². The van der Waals surface area contributed by atoms with Crippen molar-refractivity contribution in [1.29, 1.82) is 0 Å². The van der Waals surface area contributed by atoms with Gasteiger partial charge in [0.25, 0.3) is 5.91 Å². The average molecular weight is 300 g/mol. The third kappa shape index (κ3) is 3.03. The Morgan fingerprint density at radius 3 is 3.05 bits per heavy atom. The zero-order valence-electron chi connectivity index (χ0n) is 11.8. The second-order valence-corrected chi connectivity index (χ2v) is 4.70. The number of aromatic nitrogens is 3. The van der Waals surface area contributed by atoms with E-state index in [-0.39, 0.29) is 12.4 Å². The lowest BCUT2D eigenvalue weighted by molar-refractivity contribution is -0.118. The molecule has 0 atom stereocenters. The molecule has 6 nitrogen and oxygen atoms in total. The van der Waals surface area contributed by atoms with Crippen molar-refractivity contribution in [2.24, 2.45) is 0 Å². The van der Waals surface area contributed by atoms with Crippen LogP contribution in [0.15, 0.2) is 42.7 Å². The number of fused-ring (bicyclic) bond motifs is 1. The van der Waals surface area contributed by atoms with Crippen LogP contribution in [0.2, 0.25) is 0 Å². The predicted octanol–water partition coefficient (Wildman–Crippen LogP) is 2.19. The number of carbonyl (C=O) groups excluding carboxylic acids is 1. The number of anilines is 1. The molecule has 1 aromatic carbocycles. The zero-order valence-corrected chi connectivity index (χ0v) is 11.8. The third-order valence-corrected chi connectivity index (χ3v) is 2.91. The summed E-state index contributed by atoms with van der Waals surface area (Å²) in [5, 5.41) is 6.83. The fourth-order valence-corrected chi connectivity index (χ4v) is 1.96.